The first kappa shape index (κ1) is 31.2. The highest BCUT2D eigenvalue weighted by Crippen LogP contribution is 2.30. The number of anilines is 2. The lowest BCUT2D eigenvalue weighted by atomic mass is 10.0. The molecule has 1 aliphatic heterocycles. The van der Waals surface area contributed by atoms with Crippen molar-refractivity contribution in [3.63, 3.8) is 0 Å². The second kappa shape index (κ2) is 13.5. The summed E-state index contributed by atoms with van der Waals surface area (Å²) >= 11 is 6.56. The number of benzene rings is 2. The van der Waals surface area contributed by atoms with Crippen molar-refractivity contribution in [1.82, 2.24) is 19.8 Å². The lowest BCUT2D eigenvalue weighted by Crippen LogP contribution is -2.46. The van der Waals surface area contributed by atoms with E-state index in [1.54, 1.807) is 69.6 Å². The number of hydrogen-bond acceptors (Lipinski definition) is 9. The van der Waals surface area contributed by atoms with Gasteiger partial charge in [0.15, 0.2) is 0 Å². The fourth-order valence-corrected chi connectivity index (χ4v) is 6.37. The third-order valence-corrected chi connectivity index (χ3v) is 8.78. The van der Waals surface area contributed by atoms with Crippen molar-refractivity contribution in [3.8, 4) is 0 Å². The van der Waals surface area contributed by atoms with Gasteiger partial charge in [-0.25, -0.2) is 18.4 Å². The van der Waals surface area contributed by atoms with Gasteiger partial charge in [-0.05, 0) is 74.5 Å². The number of amides is 1. The van der Waals surface area contributed by atoms with Gasteiger partial charge in [0.1, 0.15) is 0 Å². The first-order valence-electron chi connectivity index (χ1n) is 13.6. The molecule has 0 atom stereocenters. The Morgan fingerprint density at radius 1 is 1.05 bits per heavy atom. The molecule has 224 valence electrons. The van der Waals surface area contributed by atoms with Crippen molar-refractivity contribution in [1.29, 1.82) is 0 Å². The second-order valence-electron chi connectivity index (χ2n) is 10.8. The van der Waals surface area contributed by atoms with Crippen LogP contribution in [0.25, 0.3) is 0 Å². The van der Waals surface area contributed by atoms with Crippen LogP contribution in [0, 0.1) is 0 Å². The molecule has 3 aromatic rings. The molecule has 2 N–H and O–H groups in total. The zero-order valence-electron chi connectivity index (χ0n) is 23.8. The molecule has 1 fully saturated rings. The Morgan fingerprint density at radius 2 is 1.71 bits per heavy atom. The average molecular weight is 615 g/mol. The number of halogens is 1. The van der Waals surface area contributed by atoms with E-state index in [1.807, 2.05) is 6.07 Å². The summed E-state index contributed by atoms with van der Waals surface area (Å²) in [4.78, 5) is 41.2. The molecule has 1 amide bonds. The van der Waals surface area contributed by atoms with Crippen LogP contribution in [-0.4, -0.2) is 65.9 Å². The Morgan fingerprint density at radius 3 is 2.33 bits per heavy atom. The van der Waals surface area contributed by atoms with Crippen molar-refractivity contribution in [2.75, 3.05) is 29.9 Å². The molecule has 2 aromatic carbocycles. The van der Waals surface area contributed by atoms with Crippen LogP contribution in [0.2, 0.25) is 5.02 Å². The molecule has 2 heterocycles. The summed E-state index contributed by atoms with van der Waals surface area (Å²) in [6.07, 6.45) is 4.94. The van der Waals surface area contributed by atoms with E-state index in [9.17, 15) is 18.0 Å². The maximum atomic E-state index is 13.1. The standard InChI is InChI=1S/C29H35ClN6O5S/c1-29(2,3)36(42(39,40)23-8-5-4-6-9-23)41-26(37)12-17-31-27(38)21-10-11-25(24(30)20-21)35-18-13-22(14-19-35)34-28-32-15-7-16-33-28/h4-11,15-16,20,22H,12-14,17-19H2,1-3H3,(H,31,38)(H,32,33,34). The van der Waals surface area contributed by atoms with Crippen molar-refractivity contribution in [2.24, 2.45) is 0 Å². The first-order chi connectivity index (χ1) is 19.9. The molecule has 0 radical (unpaired) electrons. The van der Waals surface area contributed by atoms with Crippen LogP contribution in [0.5, 0.6) is 0 Å². The Hall–Kier alpha value is -3.74. The third-order valence-electron chi connectivity index (χ3n) is 6.55. The van der Waals surface area contributed by atoms with Gasteiger partial charge in [0.25, 0.3) is 15.9 Å². The fourth-order valence-electron chi connectivity index (χ4n) is 4.48. The van der Waals surface area contributed by atoms with Crippen LogP contribution in [0.3, 0.4) is 0 Å². The van der Waals surface area contributed by atoms with E-state index in [1.165, 1.54) is 12.1 Å². The zero-order valence-corrected chi connectivity index (χ0v) is 25.4. The molecule has 0 spiro atoms. The van der Waals surface area contributed by atoms with E-state index in [0.717, 1.165) is 31.6 Å². The lowest BCUT2D eigenvalue weighted by Gasteiger charge is -2.34. The molecule has 0 bridgehead atoms. The van der Waals surface area contributed by atoms with Crippen molar-refractivity contribution < 1.29 is 22.8 Å². The molecule has 1 saturated heterocycles. The maximum Gasteiger partial charge on any atom is 0.328 e. The highest BCUT2D eigenvalue weighted by atomic mass is 35.5. The molecule has 0 saturated carbocycles. The molecule has 4 rings (SSSR count). The summed E-state index contributed by atoms with van der Waals surface area (Å²) in [7, 11) is -4.10. The number of sulfonamides is 1. The number of nitrogens with one attached hydrogen (secondary N) is 2. The molecule has 13 heteroatoms. The van der Waals surface area contributed by atoms with Crippen LogP contribution in [0.4, 0.5) is 11.6 Å². The summed E-state index contributed by atoms with van der Waals surface area (Å²) in [5, 5.41) is 6.47. The molecule has 11 nitrogen and oxygen atoms in total. The second-order valence-corrected chi connectivity index (χ2v) is 13.0. The summed E-state index contributed by atoms with van der Waals surface area (Å²) in [6, 6.07) is 14.9. The Bertz CT molecular complexity index is 1480. The van der Waals surface area contributed by atoms with Gasteiger partial charge in [0.05, 0.1) is 27.6 Å². The maximum absolute atomic E-state index is 13.1. The number of carbonyl (C=O) groups excluding carboxylic acids is 2. The van der Waals surface area contributed by atoms with Crippen molar-refractivity contribution in [2.45, 2.75) is 56.5 Å². The van der Waals surface area contributed by atoms with Gasteiger partial charge >= 0.3 is 5.97 Å². The smallest absolute Gasteiger partial charge is 0.328 e. The van der Waals surface area contributed by atoms with Gasteiger partial charge in [0, 0.05) is 43.6 Å². The Kier molecular flexibility index (Phi) is 10.0. The van der Waals surface area contributed by atoms with Crippen LogP contribution < -0.4 is 15.5 Å². The fraction of sp³-hybridized carbons (Fsp3) is 0.379. The molecular weight excluding hydrogens is 580 g/mol. The van der Waals surface area contributed by atoms with Crippen LogP contribution in [0.15, 0.2) is 71.9 Å². The predicted octanol–water partition coefficient (Wildman–Crippen LogP) is 4.28. The highest BCUT2D eigenvalue weighted by molar-refractivity contribution is 7.89. The summed E-state index contributed by atoms with van der Waals surface area (Å²) in [5.41, 5.74) is 0.153. The van der Waals surface area contributed by atoms with E-state index >= 15 is 0 Å². The number of carbonyl (C=O) groups is 2. The minimum Gasteiger partial charge on any atom is -0.370 e. The number of piperidine rings is 1. The van der Waals surface area contributed by atoms with E-state index in [-0.39, 0.29) is 23.9 Å². The Labute approximate surface area is 251 Å². The monoisotopic (exact) mass is 614 g/mol. The van der Waals surface area contributed by atoms with Gasteiger partial charge < -0.3 is 20.4 Å². The molecule has 1 aromatic heterocycles. The van der Waals surface area contributed by atoms with Gasteiger partial charge in [0.2, 0.25) is 5.95 Å². The van der Waals surface area contributed by atoms with Gasteiger partial charge in [-0.1, -0.05) is 29.8 Å². The van der Waals surface area contributed by atoms with Crippen LogP contribution >= 0.6 is 11.6 Å². The quantitative estimate of drug-likeness (QED) is 0.321. The minimum absolute atomic E-state index is 0.00387. The zero-order chi connectivity index (χ0) is 30.3. The number of hydroxylamine groups is 1. The van der Waals surface area contributed by atoms with Crippen molar-refractivity contribution >= 4 is 45.1 Å². The molecule has 0 aliphatic carbocycles. The summed E-state index contributed by atoms with van der Waals surface area (Å²) in [6.45, 7) is 6.37. The van der Waals surface area contributed by atoms with Gasteiger partial charge in [-0.2, -0.15) is 0 Å². The van der Waals surface area contributed by atoms with Crippen LogP contribution in [0.1, 0.15) is 50.4 Å². The lowest BCUT2D eigenvalue weighted by molar-refractivity contribution is -0.182. The minimum atomic E-state index is -4.10. The SMILES string of the molecule is CC(C)(C)N(OC(=O)CCNC(=O)c1ccc(N2CCC(Nc3ncccn3)CC2)c(Cl)c1)S(=O)(=O)c1ccccc1. The number of hydrogen-bond donors (Lipinski definition) is 2. The highest BCUT2D eigenvalue weighted by Gasteiger charge is 2.38. The number of rotatable bonds is 10. The summed E-state index contributed by atoms with van der Waals surface area (Å²) < 4.78 is 26.9. The molecule has 42 heavy (non-hydrogen) atoms. The molecular formula is C29H35ClN6O5S. The Balaban J connectivity index is 1.28. The largest absolute Gasteiger partial charge is 0.370 e. The summed E-state index contributed by atoms with van der Waals surface area (Å²) in [5.74, 6) is -0.595. The van der Waals surface area contributed by atoms with Crippen LogP contribution in [-0.2, 0) is 19.7 Å². The molecule has 1 aliphatic rings. The topological polar surface area (TPSA) is 134 Å². The van der Waals surface area contributed by atoms with E-state index in [4.69, 9.17) is 16.4 Å². The third kappa shape index (κ3) is 7.96. The predicted molar refractivity (Wildman–Crippen MR) is 161 cm³/mol. The molecule has 0 unspecified atom stereocenters. The van der Waals surface area contributed by atoms with E-state index in [0.29, 0.717) is 21.0 Å². The van der Waals surface area contributed by atoms with E-state index < -0.39 is 27.4 Å². The van der Waals surface area contributed by atoms with Crippen molar-refractivity contribution in [3.05, 3.63) is 77.6 Å². The number of aromatic nitrogens is 2. The van der Waals surface area contributed by atoms with Gasteiger partial charge in [-0.15, -0.1) is 0 Å². The van der Waals surface area contributed by atoms with E-state index in [2.05, 4.69) is 25.5 Å². The first-order valence-corrected chi connectivity index (χ1v) is 15.4. The average Bonchev–Trinajstić information content (AvgIpc) is 2.96. The normalized spacial score (nSPS) is 14.5. The van der Waals surface area contributed by atoms with Gasteiger partial charge in [-0.3, -0.25) is 9.59 Å². The number of nitrogens with zero attached hydrogens (tertiary/aromatic N) is 4.